The molecule has 1 aromatic rings. The highest BCUT2D eigenvalue weighted by molar-refractivity contribution is 5.92. The van der Waals surface area contributed by atoms with Gasteiger partial charge in [-0.2, -0.15) is 0 Å². The number of carbonyl (C=O) groups excluding carboxylic acids is 3. The molecule has 0 saturated carbocycles. The molecular formula is C18H30N6O5. The number of aromatic amines is 1. The fourth-order valence-corrected chi connectivity index (χ4v) is 2.43. The molecule has 3 unspecified atom stereocenters. The zero-order chi connectivity index (χ0) is 22.1. The average molecular weight is 410 g/mol. The summed E-state index contributed by atoms with van der Waals surface area (Å²) >= 11 is 0. The third kappa shape index (κ3) is 7.90. The second kappa shape index (κ2) is 11.1. The predicted octanol–water partition coefficient (Wildman–Crippen LogP) is -1.24. The van der Waals surface area contributed by atoms with Crippen molar-refractivity contribution < 1.29 is 24.3 Å². The average Bonchev–Trinajstić information content (AvgIpc) is 3.15. The second-order valence-electron chi connectivity index (χ2n) is 7.46. The van der Waals surface area contributed by atoms with E-state index >= 15 is 0 Å². The molecule has 0 fully saturated rings. The second-order valence-corrected chi connectivity index (χ2v) is 7.46. The van der Waals surface area contributed by atoms with Gasteiger partial charge in [0.25, 0.3) is 0 Å². The van der Waals surface area contributed by atoms with Crippen LogP contribution in [0.3, 0.4) is 0 Å². The van der Waals surface area contributed by atoms with Crippen molar-refractivity contribution in [2.24, 2.45) is 17.6 Å². The Balaban J connectivity index is 2.67. The summed E-state index contributed by atoms with van der Waals surface area (Å²) in [6, 6.07) is -2.91. The molecule has 0 aliphatic heterocycles. The molecule has 0 saturated heterocycles. The van der Waals surface area contributed by atoms with Crippen LogP contribution in [-0.4, -0.2) is 63.4 Å². The smallest absolute Gasteiger partial charge is 0.326 e. The van der Waals surface area contributed by atoms with Gasteiger partial charge in [-0.05, 0) is 11.8 Å². The van der Waals surface area contributed by atoms with Crippen LogP contribution in [0.25, 0.3) is 0 Å². The molecule has 11 nitrogen and oxygen atoms in total. The van der Waals surface area contributed by atoms with E-state index in [4.69, 9.17) is 5.73 Å². The normalized spacial score (nSPS) is 14.2. The van der Waals surface area contributed by atoms with Crippen LogP contribution in [0.1, 0.15) is 33.4 Å². The highest BCUT2D eigenvalue weighted by atomic mass is 16.4. The lowest BCUT2D eigenvalue weighted by Crippen LogP contribution is -2.56. The first-order valence-corrected chi connectivity index (χ1v) is 9.36. The molecule has 0 aliphatic rings. The van der Waals surface area contributed by atoms with Crippen molar-refractivity contribution in [3.63, 3.8) is 0 Å². The molecule has 3 atom stereocenters. The quantitative estimate of drug-likeness (QED) is 0.264. The van der Waals surface area contributed by atoms with Crippen molar-refractivity contribution in [1.82, 2.24) is 25.9 Å². The van der Waals surface area contributed by atoms with E-state index in [0.29, 0.717) is 5.69 Å². The first-order chi connectivity index (χ1) is 13.5. The fourth-order valence-electron chi connectivity index (χ4n) is 2.43. The Labute approximate surface area is 169 Å². The van der Waals surface area contributed by atoms with Crippen LogP contribution in [-0.2, 0) is 25.6 Å². The maximum absolute atomic E-state index is 12.6. The van der Waals surface area contributed by atoms with Gasteiger partial charge in [-0.3, -0.25) is 14.4 Å². The highest BCUT2D eigenvalue weighted by Gasteiger charge is 2.29. The number of hydrogen-bond acceptors (Lipinski definition) is 6. The molecule has 7 N–H and O–H groups in total. The Morgan fingerprint density at radius 3 is 2.24 bits per heavy atom. The number of amides is 3. The summed E-state index contributed by atoms with van der Waals surface area (Å²) < 4.78 is 0. The van der Waals surface area contributed by atoms with Gasteiger partial charge in [0.15, 0.2) is 0 Å². The molecule has 29 heavy (non-hydrogen) atoms. The van der Waals surface area contributed by atoms with Gasteiger partial charge in [-0.25, -0.2) is 9.78 Å². The Hall–Kier alpha value is -2.95. The Kier molecular flexibility index (Phi) is 9.26. The van der Waals surface area contributed by atoms with Gasteiger partial charge in [0, 0.05) is 18.3 Å². The van der Waals surface area contributed by atoms with Crippen LogP contribution in [0.15, 0.2) is 12.5 Å². The SMILES string of the molecule is CC(C)C(N)C(=O)NCC(=O)NC(C(=O)NC(Cc1cnc[nH]1)C(=O)O)C(C)C. The summed E-state index contributed by atoms with van der Waals surface area (Å²) in [5.41, 5.74) is 6.26. The van der Waals surface area contributed by atoms with Gasteiger partial charge >= 0.3 is 5.97 Å². The third-order valence-electron chi connectivity index (χ3n) is 4.30. The molecule has 1 heterocycles. The number of carboxylic acids is 1. The minimum atomic E-state index is -1.21. The molecule has 0 bridgehead atoms. The Bertz CT molecular complexity index is 704. The van der Waals surface area contributed by atoms with Gasteiger partial charge in [0.05, 0.1) is 18.9 Å². The summed E-state index contributed by atoms with van der Waals surface area (Å²) in [5, 5.41) is 16.7. The summed E-state index contributed by atoms with van der Waals surface area (Å²) in [6.07, 6.45) is 2.89. The maximum Gasteiger partial charge on any atom is 0.326 e. The summed E-state index contributed by atoms with van der Waals surface area (Å²) in [5.74, 6) is -3.29. The lowest BCUT2D eigenvalue weighted by atomic mass is 10.0. The number of carbonyl (C=O) groups is 4. The van der Waals surface area contributed by atoms with Crippen LogP contribution in [0.4, 0.5) is 0 Å². The van der Waals surface area contributed by atoms with Crippen molar-refractivity contribution >= 4 is 23.7 Å². The number of rotatable bonds is 11. The van der Waals surface area contributed by atoms with Gasteiger partial charge < -0.3 is 31.8 Å². The first kappa shape index (κ1) is 24.1. The van der Waals surface area contributed by atoms with Gasteiger partial charge in [-0.15, -0.1) is 0 Å². The molecule has 0 radical (unpaired) electrons. The van der Waals surface area contributed by atoms with Gasteiger partial charge in [0.2, 0.25) is 17.7 Å². The number of carboxylic acid groups (broad SMARTS) is 1. The number of nitrogens with two attached hydrogens (primary N) is 1. The third-order valence-corrected chi connectivity index (χ3v) is 4.30. The molecule has 1 rings (SSSR count). The standard InChI is InChI=1S/C18H30N6O5/c1-9(2)14(19)16(26)21-7-13(25)24-15(10(3)4)17(27)23-12(18(28)29)5-11-6-20-8-22-11/h6,8-10,12,14-15H,5,7,19H2,1-4H3,(H,20,22)(H,21,26)(H,23,27)(H,24,25)(H,28,29). The molecule has 0 spiro atoms. The molecule has 1 aromatic heterocycles. The van der Waals surface area contributed by atoms with Crippen LogP contribution >= 0.6 is 0 Å². The molecular weight excluding hydrogens is 380 g/mol. The lowest BCUT2D eigenvalue weighted by molar-refractivity contribution is -0.142. The minimum absolute atomic E-state index is 0.0168. The number of imidazole rings is 1. The molecule has 3 amide bonds. The van der Waals surface area contributed by atoms with Gasteiger partial charge in [-0.1, -0.05) is 27.7 Å². The van der Waals surface area contributed by atoms with E-state index < -0.39 is 41.8 Å². The topological polar surface area (TPSA) is 179 Å². The van der Waals surface area contributed by atoms with Crippen molar-refractivity contribution in [3.8, 4) is 0 Å². The van der Waals surface area contributed by atoms with E-state index in [1.807, 2.05) is 0 Å². The van der Waals surface area contributed by atoms with Crippen LogP contribution in [0.5, 0.6) is 0 Å². The molecule has 162 valence electrons. The largest absolute Gasteiger partial charge is 0.480 e. The summed E-state index contributed by atoms with van der Waals surface area (Å²) in [6.45, 7) is 6.65. The highest BCUT2D eigenvalue weighted by Crippen LogP contribution is 2.05. The van der Waals surface area contributed by atoms with Gasteiger partial charge in [0.1, 0.15) is 12.1 Å². The van der Waals surface area contributed by atoms with Crippen LogP contribution in [0, 0.1) is 11.8 Å². The molecule has 0 aliphatic carbocycles. The number of aliphatic carboxylic acids is 1. The number of aromatic nitrogens is 2. The first-order valence-electron chi connectivity index (χ1n) is 9.36. The molecule has 11 heteroatoms. The van der Waals surface area contributed by atoms with E-state index in [1.54, 1.807) is 27.7 Å². The van der Waals surface area contributed by atoms with E-state index in [-0.39, 0.29) is 24.8 Å². The summed E-state index contributed by atoms with van der Waals surface area (Å²) in [7, 11) is 0. The fraction of sp³-hybridized carbons (Fsp3) is 0.611. The van der Waals surface area contributed by atoms with Crippen molar-refractivity contribution in [2.45, 2.75) is 52.2 Å². The van der Waals surface area contributed by atoms with E-state index in [2.05, 4.69) is 25.9 Å². The number of H-pyrrole nitrogens is 1. The number of hydrogen-bond donors (Lipinski definition) is 6. The van der Waals surface area contributed by atoms with Crippen LogP contribution in [0.2, 0.25) is 0 Å². The zero-order valence-corrected chi connectivity index (χ0v) is 17.1. The monoisotopic (exact) mass is 410 g/mol. The predicted molar refractivity (Wildman–Crippen MR) is 104 cm³/mol. The van der Waals surface area contributed by atoms with E-state index in [0.717, 1.165) is 0 Å². The lowest BCUT2D eigenvalue weighted by Gasteiger charge is -2.24. The van der Waals surface area contributed by atoms with E-state index in [1.165, 1.54) is 12.5 Å². The Morgan fingerprint density at radius 2 is 1.76 bits per heavy atom. The number of nitrogens with zero attached hydrogens (tertiary/aromatic N) is 1. The van der Waals surface area contributed by atoms with Crippen LogP contribution < -0.4 is 21.7 Å². The van der Waals surface area contributed by atoms with E-state index in [9.17, 15) is 24.3 Å². The molecule has 0 aromatic carbocycles. The zero-order valence-electron chi connectivity index (χ0n) is 17.1. The minimum Gasteiger partial charge on any atom is -0.480 e. The van der Waals surface area contributed by atoms with Crippen molar-refractivity contribution in [3.05, 3.63) is 18.2 Å². The maximum atomic E-state index is 12.6. The Morgan fingerprint density at radius 1 is 1.10 bits per heavy atom. The van der Waals surface area contributed by atoms with Crippen molar-refractivity contribution in [2.75, 3.05) is 6.54 Å². The number of nitrogens with one attached hydrogen (secondary N) is 4. The summed E-state index contributed by atoms with van der Waals surface area (Å²) in [4.78, 5) is 54.6. The van der Waals surface area contributed by atoms with Crippen molar-refractivity contribution in [1.29, 1.82) is 0 Å².